The first-order valence-corrected chi connectivity index (χ1v) is 4.03. The molecule has 0 saturated carbocycles. The summed E-state index contributed by atoms with van der Waals surface area (Å²) in [5.41, 5.74) is -0.504. The summed E-state index contributed by atoms with van der Waals surface area (Å²) in [5, 5.41) is 0. The molecule has 1 aromatic rings. The quantitative estimate of drug-likeness (QED) is 0.522. The number of carbonyl (C=O) groups is 1. The van der Waals surface area contributed by atoms with Gasteiger partial charge in [0, 0.05) is 0 Å². The molecular weight excluding hydrogens is 186 g/mol. The number of Topliss-reactive ketones (excluding diaryl/α,β-unsaturated/α-hetero) is 1. The Morgan fingerprint density at radius 2 is 1.93 bits per heavy atom. The van der Waals surface area contributed by atoms with Crippen molar-refractivity contribution in [1.82, 2.24) is 0 Å². The first kappa shape index (κ1) is 10.4. The Labute approximate surface area is 80.7 Å². The molecule has 0 fully saturated rings. The average Bonchev–Trinajstić information content (AvgIpc) is 2.14. The molecule has 0 radical (unpaired) electrons. The van der Waals surface area contributed by atoms with Gasteiger partial charge < -0.3 is 0 Å². The SMILES string of the molecule is CC#CCC(=O)c1c(F)cccc1F. The molecule has 0 atom stereocenters. The van der Waals surface area contributed by atoms with Gasteiger partial charge in [-0.25, -0.2) is 8.78 Å². The van der Waals surface area contributed by atoms with Crippen LogP contribution in [0.1, 0.15) is 23.7 Å². The monoisotopic (exact) mass is 194 g/mol. The maximum atomic E-state index is 13.0. The van der Waals surface area contributed by atoms with Gasteiger partial charge in [-0.1, -0.05) is 12.0 Å². The van der Waals surface area contributed by atoms with Crippen LogP contribution in [0.4, 0.5) is 8.78 Å². The first-order valence-electron chi connectivity index (χ1n) is 4.03. The summed E-state index contributed by atoms with van der Waals surface area (Å²) in [6.07, 6.45) is -0.158. The molecular formula is C11H8F2O. The minimum absolute atomic E-state index is 0.158. The fraction of sp³-hybridized carbons (Fsp3) is 0.182. The summed E-state index contributed by atoms with van der Waals surface area (Å²) < 4.78 is 26.0. The maximum Gasteiger partial charge on any atom is 0.180 e. The smallest absolute Gasteiger partial charge is 0.180 e. The Balaban J connectivity index is 3.04. The molecule has 0 N–H and O–H groups in total. The molecule has 0 aromatic heterocycles. The number of benzene rings is 1. The van der Waals surface area contributed by atoms with Crippen LogP contribution in [0.3, 0.4) is 0 Å². The van der Waals surface area contributed by atoms with E-state index in [-0.39, 0.29) is 6.42 Å². The molecule has 0 saturated heterocycles. The zero-order valence-electron chi connectivity index (χ0n) is 7.60. The molecule has 0 heterocycles. The largest absolute Gasteiger partial charge is 0.293 e. The Bertz CT molecular complexity index is 393. The van der Waals surface area contributed by atoms with E-state index in [4.69, 9.17) is 0 Å². The maximum absolute atomic E-state index is 13.0. The van der Waals surface area contributed by atoms with E-state index in [2.05, 4.69) is 11.8 Å². The van der Waals surface area contributed by atoms with Gasteiger partial charge in [-0.3, -0.25) is 4.79 Å². The third-order valence-corrected chi connectivity index (χ3v) is 1.67. The van der Waals surface area contributed by atoms with Crippen molar-refractivity contribution in [2.24, 2.45) is 0 Å². The summed E-state index contributed by atoms with van der Waals surface area (Å²) >= 11 is 0. The van der Waals surface area contributed by atoms with Gasteiger partial charge >= 0.3 is 0 Å². The number of ketones is 1. The average molecular weight is 194 g/mol. The van der Waals surface area contributed by atoms with Crippen molar-refractivity contribution < 1.29 is 13.6 Å². The van der Waals surface area contributed by atoms with Crippen LogP contribution >= 0.6 is 0 Å². The molecule has 0 unspecified atom stereocenters. The Kier molecular flexibility index (Phi) is 3.35. The van der Waals surface area contributed by atoms with Crippen molar-refractivity contribution in [3.63, 3.8) is 0 Å². The third-order valence-electron chi connectivity index (χ3n) is 1.67. The molecule has 0 aliphatic rings. The van der Waals surface area contributed by atoms with Crippen LogP contribution in [0.25, 0.3) is 0 Å². The second-order valence-corrected chi connectivity index (χ2v) is 2.62. The fourth-order valence-electron chi connectivity index (χ4n) is 1.02. The van der Waals surface area contributed by atoms with E-state index in [0.29, 0.717) is 0 Å². The lowest BCUT2D eigenvalue weighted by atomic mass is 10.1. The van der Waals surface area contributed by atoms with Crippen molar-refractivity contribution in [2.75, 3.05) is 0 Å². The van der Waals surface area contributed by atoms with Gasteiger partial charge in [0.1, 0.15) is 11.6 Å². The van der Waals surface area contributed by atoms with E-state index in [0.717, 1.165) is 12.1 Å². The van der Waals surface area contributed by atoms with Gasteiger partial charge in [0.2, 0.25) is 0 Å². The van der Waals surface area contributed by atoms with Crippen LogP contribution in [-0.2, 0) is 0 Å². The Morgan fingerprint density at radius 1 is 1.36 bits per heavy atom. The zero-order valence-corrected chi connectivity index (χ0v) is 7.60. The molecule has 0 amide bonds. The highest BCUT2D eigenvalue weighted by molar-refractivity contribution is 5.98. The number of carbonyl (C=O) groups excluding carboxylic acids is 1. The van der Waals surface area contributed by atoms with Gasteiger partial charge in [-0.05, 0) is 19.1 Å². The van der Waals surface area contributed by atoms with E-state index in [1.807, 2.05) is 0 Å². The molecule has 0 aliphatic carbocycles. The topological polar surface area (TPSA) is 17.1 Å². The van der Waals surface area contributed by atoms with Crippen molar-refractivity contribution in [3.05, 3.63) is 35.4 Å². The number of rotatable bonds is 2. The molecule has 0 aliphatic heterocycles. The Morgan fingerprint density at radius 3 is 2.43 bits per heavy atom. The molecule has 72 valence electrons. The molecule has 3 heteroatoms. The lowest BCUT2D eigenvalue weighted by molar-refractivity contribution is 0.0990. The molecule has 0 bridgehead atoms. The molecule has 14 heavy (non-hydrogen) atoms. The summed E-state index contributed by atoms with van der Waals surface area (Å²) in [6, 6.07) is 3.32. The molecule has 1 aromatic carbocycles. The van der Waals surface area contributed by atoms with Gasteiger partial charge in [-0.15, -0.1) is 5.92 Å². The van der Waals surface area contributed by atoms with Gasteiger partial charge in [0.15, 0.2) is 5.78 Å². The summed E-state index contributed by atoms with van der Waals surface area (Å²) in [6.45, 7) is 1.56. The van der Waals surface area contributed by atoms with E-state index in [9.17, 15) is 13.6 Å². The second-order valence-electron chi connectivity index (χ2n) is 2.62. The van der Waals surface area contributed by atoms with E-state index < -0.39 is 23.0 Å². The minimum Gasteiger partial charge on any atom is -0.293 e. The predicted octanol–water partition coefficient (Wildman–Crippen LogP) is 2.56. The summed E-state index contributed by atoms with van der Waals surface area (Å²) in [4.78, 5) is 11.3. The molecule has 1 nitrogen and oxygen atoms in total. The van der Waals surface area contributed by atoms with Crippen molar-refractivity contribution in [3.8, 4) is 11.8 Å². The molecule has 0 spiro atoms. The van der Waals surface area contributed by atoms with Gasteiger partial charge in [0.25, 0.3) is 0 Å². The zero-order chi connectivity index (χ0) is 10.6. The first-order chi connectivity index (χ1) is 6.66. The van der Waals surface area contributed by atoms with Crippen LogP contribution in [0.2, 0.25) is 0 Å². The van der Waals surface area contributed by atoms with Crippen LogP contribution in [0.5, 0.6) is 0 Å². The van der Waals surface area contributed by atoms with E-state index >= 15 is 0 Å². The lowest BCUT2D eigenvalue weighted by Crippen LogP contribution is -2.04. The summed E-state index contributed by atoms with van der Waals surface area (Å²) in [5.74, 6) is 2.65. The summed E-state index contributed by atoms with van der Waals surface area (Å²) in [7, 11) is 0. The lowest BCUT2D eigenvalue weighted by Gasteiger charge is -2.00. The highest BCUT2D eigenvalue weighted by Gasteiger charge is 2.15. The van der Waals surface area contributed by atoms with Crippen molar-refractivity contribution in [2.45, 2.75) is 13.3 Å². The number of hydrogen-bond acceptors (Lipinski definition) is 1. The highest BCUT2D eigenvalue weighted by Crippen LogP contribution is 2.13. The standard InChI is InChI=1S/C11H8F2O/c1-2-3-7-10(14)11-8(12)5-4-6-9(11)13/h4-6H,7H2,1H3. The van der Waals surface area contributed by atoms with Gasteiger partial charge in [0.05, 0.1) is 12.0 Å². The van der Waals surface area contributed by atoms with Crippen LogP contribution in [-0.4, -0.2) is 5.78 Å². The normalized spacial score (nSPS) is 9.07. The predicted molar refractivity (Wildman–Crippen MR) is 48.8 cm³/mol. The van der Waals surface area contributed by atoms with Crippen LogP contribution < -0.4 is 0 Å². The van der Waals surface area contributed by atoms with Crippen LogP contribution in [0.15, 0.2) is 18.2 Å². The second kappa shape index (κ2) is 4.52. The Hall–Kier alpha value is -1.69. The number of halogens is 2. The minimum atomic E-state index is -0.840. The van der Waals surface area contributed by atoms with Gasteiger partial charge in [-0.2, -0.15) is 0 Å². The highest BCUT2D eigenvalue weighted by atomic mass is 19.1. The van der Waals surface area contributed by atoms with Crippen LogP contribution in [0, 0.1) is 23.5 Å². The van der Waals surface area contributed by atoms with Crippen molar-refractivity contribution >= 4 is 5.78 Å². The van der Waals surface area contributed by atoms with Crippen molar-refractivity contribution in [1.29, 1.82) is 0 Å². The van der Waals surface area contributed by atoms with E-state index in [1.165, 1.54) is 6.07 Å². The number of hydrogen-bond donors (Lipinski definition) is 0. The van der Waals surface area contributed by atoms with E-state index in [1.54, 1.807) is 6.92 Å². The third kappa shape index (κ3) is 2.17. The fourth-order valence-corrected chi connectivity index (χ4v) is 1.02. The molecule has 1 rings (SSSR count).